The molecule has 0 heterocycles. The lowest BCUT2D eigenvalue weighted by Gasteiger charge is -2.25. The van der Waals surface area contributed by atoms with E-state index in [1.54, 1.807) is 0 Å². The van der Waals surface area contributed by atoms with Crippen molar-refractivity contribution in [3.63, 3.8) is 0 Å². The van der Waals surface area contributed by atoms with Gasteiger partial charge in [-0.25, -0.2) is 0 Å². The zero-order valence-corrected chi connectivity index (χ0v) is 13.2. The number of fused-ring (bicyclic) bond motifs is 1. The number of nitrogens with zero attached hydrogens (tertiary/aromatic N) is 1. The maximum absolute atomic E-state index is 9.52. The Morgan fingerprint density at radius 1 is 0.773 bits per heavy atom. The van der Waals surface area contributed by atoms with E-state index in [4.69, 9.17) is 0 Å². The molecule has 1 heteroatoms. The molecule has 0 aromatic heterocycles. The zero-order valence-electron chi connectivity index (χ0n) is 13.2. The first-order valence-electron chi connectivity index (χ1n) is 7.54. The van der Waals surface area contributed by atoms with Crippen molar-refractivity contribution in [2.75, 3.05) is 0 Å². The van der Waals surface area contributed by atoms with Crippen LogP contribution in [0, 0.1) is 11.3 Å². The van der Waals surface area contributed by atoms with Gasteiger partial charge < -0.3 is 0 Å². The molecule has 0 aliphatic rings. The standard InChI is InChI=1S/C21H19N/c1-21(2,3)20-16(14-22)10-7-13-19(20)18-12-6-9-15-8-4-5-11-17(15)18/h4-13H,1-3H3. The summed E-state index contributed by atoms with van der Waals surface area (Å²) >= 11 is 0. The van der Waals surface area contributed by atoms with E-state index < -0.39 is 0 Å². The van der Waals surface area contributed by atoms with Crippen molar-refractivity contribution in [3.8, 4) is 17.2 Å². The Hall–Kier alpha value is -2.59. The van der Waals surface area contributed by atoms with Crippen LogP contribution in [0.3, 0.4) is 0 Å². The van der Waals surface area contributed by atoms with Crippen LogP contribution in [0.2, 0.25) is 0 Å². The van der Waals surface area contributed by atoms with Crippen LogP contribution in [0.15, 0.2) is 60.7 Å². The second-order valence-electron chi connectivity index (χ2n) is 6.62. The first-order valence-corrected chi connectivity index (χ1v) is 7.54. The van der Waals surface area contributed by atoms with E-state index in [-0.39, 0.29) is 5.41 Å². The summed E-state index contributed by atoms with van der Waals surface area (Å²) in [6.07, 6.45) is 0. The van der Waals surface area contributed by atoms with E-state index in [1.165, 1.54) is 16.3 Å². The molecule has 0 spiro atoms. The molecule has 0 aliphatic heterocycles. The van der Waals surface area contributed by atoms with Crippen molar-refractivity contribution in [1.29, 1.82) is 5.26 Å². The van der Waals surface area contributed by atoms with E-state index in [9.17, 15) is 5.26 Å². The van der Waals surface area contributed by atoms with Gasteiger partial charge in [-0.05, 0) is 38.9 Å². The highest BCUT2D eigenvalue weighted by atomic mass is 14.3. The summed E-state index contributed by atoms with van der Waals surface area (Å²) in [7, 11) is 0. The number of hydrogen-bond acceptors (Lipinski definition) is 1. The van der Waals surface area contributed by atoms with Crippen molar-refractivity contribution >= 4 is 10.8 Å². The Morgan fingerprint density at radius 2 is 1.41 bits per heavy atom. The SMILES string of the molecule is CC(C)(C)c1c(C#N)cccc1-c1cccc2ccccc12. The van der Waals surface area contributed by atoms with E-state index in [1.807, 2.05) is 12.1 Å². The van der Waals surface area contributed by atoms with Crippen molar-refractivity contribution in [3.05, 3.63) is 71.8 Å². The van der Waals surface area contributed by atoms with Crippen LogP contribution in [0.5, 0.6) is 0 Å². The second kappa shape index (κ2) is 5.31. The molecular weight excluding hydrogens is 266 g/mol. The summed E-state index contributed by atoms with van der Waals surface area (Å²) in [5.41, 5.74) is 4.15. The van der Waals surface area contributed by atoms with Gasteiger partial charge in [0.05, 0.1) is 11.6 Å². The first-order chi connectivity index (χ1) is 10.5. The zero-order chi connectivity index (χ0) is 15.7. The smallest absolute Gasteiger partial charge is 0.0994 e. The topological polar surface area (TPSA) is 23.8 Å². The summed E-state index contributed by atoms with van der Waals surface area (Å²) < 4.78 is 0. The van der Waals surface area contributed by atoms with Crippen LogP contribution >= 0.6 is 0 Å². The third-order valence-corrected chi connectivity index (χ3v) is 4.01. The van der Waals surface area contributed by atoms with E-state index in [2.05, 4.69) is 75.4 Å². The Kier molecular flexibility index (Phi) is 3.47. The van der Waals surface area contributed by atoms with Crippen LogP contribution in [0.1, 0.15) is 31.9 Å². The van der Waals surface area contributed by atoms with Gasteiger partial charge in [0.15, 0.2) is 0 Å². The van der Waals surface area contributed by atoms with Crippen molar-refractivity contribution in [2.45, 2.75) is 26.2 Å². The summed E-state index contributed by atoms with van der Waals surface area (Å²) in [4.78, 5) is 0. The second-order valence-corrected chi connectivity index (χ2v) is 6.62. The minimum absolute atomic E-state index is 0.0847. The molecule has 22 heavy (non-hydrogen) atoms. The molecule has 1 nitrogen and oxygen atoms in total. The fourth-order valence-electron chi connectivity index (χ4n) is 3.14. The minimum Gasteiger partial charge on any atom is -0.192 e. The van der Waals surface area contributed by atoms with Gasteiger partial charge in [0.25, 0.3) is 0 Å². The van der Waals surface area contributed by atoms with Gasteiger partial charge in [-0.3, -0.25) is 0 Å². The molecule has 0 N–H and O–H groups in total. The molecule has 3 aromatic carbocycles. The minimum atomic E-state index is -0.0847. The molecule has 108 valence electrons. The average molecular weight is 285 g/mol. The lowest BCUT2D eigenvalue weighted by atomic mass is 9.78. The van der Waals surface area contributed by atoms with Crippen LogP contribution in [0.25, 0.3) is 21.9 Å². The molecule has 0 fully saturated rings. The molecular formula is C21H19N. The number of nitriles is 1. The van der Waals surface area contributed by atoms with Crippen LogP contribution < -0.4 is 0 Å². The molecule has 3 rings (SSSR count). The van der Waals surface area contributed by atoms with Gasteiger partial charge in [0.1, 0.15) is 0 Å². The lowest BCUT2D eigenvalue weighted by Crippen LogP contribution is -2.15. The van der Waals surface area contributed by atoms with Gasteiger partial charge in [0, 0.05) is 0 Å². The van der Waals surface area contributed by atoms with Gasteiger partial charge in [-0.1, -0.05) is 75.4 Å². The molecule has 0 atom stereocenters. The highest BCUT2D eigenvalue weighted by molar-refractivity contribution is 5.97. The molecule has 0 radical (unpaired) electrons. The maximum Gasteiger partial charge on any atom is 0.0994 e. The van der Waals surface area contributed by atoms with Crippen LogP contribution in [0.4, 0.5) is 0 Å². The van der Waals surface area contributed by atoms with Gasteiger partial charge >= 0.3 is 0 Å². The monoisotopic (exact) mass is 285 g/mol. The van der Waals surface area contributed by atoms with Crippen LogP contribution in [-0.2, 0) is 5.41 Å². The first kappa shape index (κ1) is 14.4. The van der Waals surface area contributed by atoms with Gasteiger partial charge in [-0.15, -0.1) is 0 Å². The van der Waals surface area contributed by atoms with Crippen molar-refractivity contribution in [1.82, 2.24) is 0 Å². The van der Waals surface area contributed by atoms with Gasteiger partial charge in [-0.2, -0.15) is 5.26 Å². The van der Waals surface area contributed by atoms with Crippen molar-refractivity contribution < 1.29 is 0 Å². The molecule has 0 saturated heterocycles. The van der Waals surface area contributed by atoms with E-state index >= 15 is 0 Å². The van der Waals surface area contributed by atoms with Gasteiger partial charge in [0.2, 0.25) is 0 Å². The number of rotatable bonds is 1. The molecule has 0 unspecified atom stereocenters. The quantitative estimate of drug-likeness (QED) is 0.564. The van der Waals surface area contributed by atoms with Crippen molar-refractivity contribution in [2.24, 2.45) is 0 Å². The fourth-order valence-corrected chi connectivity index (χ4v) is 3.14. The number of benzene rings is 3. The number of hydrogen-bond donors (Lipinski definition) is 0. The molecule has 0 amide bonds. The van der Waals surface area contributed by atoms with Crippen LogP contribution in [-0.4, -0.2) is 0 Å². The highest BCUT2D eigenvalue weighted by Crippen LogP contribution is 2.38. The lowest BCUT2D eigenvalue weighted by molar-refractivity contribution is 0.590. The van der Waals surface area contributed by atoms with E-state index in [0.717, 1.165) is 16.7 Å². The average Bonchev–Trinajstić information content (AvgIpc) is 2.52. The molecule has 3 aromatic rings. The largest absolute Gasteiger partial charge is 0.192 e. The third-order valence-electron chi connectivity index (χ3n) is 4.01. The molecule has 0 aliphatic carbocycles. The Bertz CT molecular complexity index is 871. The molecule has 0 bridgehead atoms. The third kappa shape index (κ3) is 2.38. The highest BCUT2D eigenvalue weighted by Gasteiger charge is 2.23. The fraction of sp³-hybridized carbons (Fsp3) is 0.190. The molecule has 0 saturated carbocycles. The van der Waals surface area contributed by atoms with E-state index in [0.29, 0.717) is 0 Å². The predicted octanol–water partition coefficient (Wildman–Crippen LogP) is 5.68. The summed E-state index contributed by atoms with van der Waals surface area (Å²) in [5, 5.41) is 12.0. The Balaban J connectivity index is 2.40. The Labute approximate surface area is 131 Å². The maximum atomic E-state index is 9.52. The summed E-state index contributed by atoms with van der Waals surface area (Å²) in [6.45, 7) is 6.49. The normalized spacial score (nSPS) is 11.4. The predicted molar refractivity (Wildman–Crippen MR) is 92.8 cm³/mol. The summed E-state index contributed by atoms with van der Waals surface area (Å²) in [5.74, 6) is 0. The Morgan fingerprint density at radius 3 is 2.14 bits per heavy atom. The summed E-state index contributed by atoms with van der Waals surface area (Å²) in [6, 6.07) is 23.1.